The van der Waals surface area contributed by atoms with Crippen molar-refractivity contribution in [3.8, 4) is 72.4 Å². The Bertz CT molecular complexity index is 4270. The second-order valence-corrected chi connectivity index (χ2v) is 21.5. The molecular formula is C75H48N2. The number of para-hydroxylation sites is 1. The van der Waals surface area contributed by atoms with Gasteiger partial charge in [0.15, 0.2) is 0 Å². The molecule has 2 nitrogen and oxygen atoms in total. The van der Waals surface area contributed by atoms with Crippen LogP contribution in [0.25, 0.3) is 94.3 Å². The molecule has 13 aromatic rings. The van der Waals surface area contributed by atoms with Crippen molar-refractivity contribution in [2.45, 2.75) is 10.8 Å². The lowest BCUT2D eigenvalue weighted by molar-refractivity contribution is 0.794. The summed E-state index contributed by atoms with van der Waals surface area (Å²) in [4.78, 5) is 2.25. The molecule has 1 aromatic heterocycles. The molecular weight excluding hydrogens is 929 g/mol. The third-order valence-electron chi connectivity index (χ3n) is 18.1. The van der Waals surface area contributed by atoms with E-state index in [1.54, 1.807) is 0 Å². The van der Waals surface area contributed by atoms with Crippen LogP contribution in [0.1, 0.15) is 44.5 Å². The van der Waals surface area contributed by atoms with Crippen LogP contribution in [-0.4, -0.2) is 11.6 Å². The van der Waals surface area contributed by atoms with E-state index in [1.807, 2.05) is 0 Å². The van der Waals surface area contributed by atoms with E-state index in [1.165, 1.54) is 133 Å². The molecule has 0 atom stereocenters. The summed E-state index contributed by atoms with van der Waals surface area (Å²) in [6.45, 7) is 0. The number of hydrogen-bond acceptors (Lipinski definition) is 1. The van der Waals surface area contributed by atoms with Gasteiger partial charge in [-0.1, -0.05) is 200 Å². The SMILES string of the molecule is CN(c1ccccc1)c1ccc(-n2c3ccc(-c4ccc5c(c4)C4(c6ccccc6-c6ccccc64)c4ccccc4-5)cc3c3cc(-c4ccc5c(c4)C4(c6ccccc6-c6ccccc64)c4ccccc4-5)ccc32)cc1. The maximum atomic E-state index is 2.51. The minimum atomic E-state index is -0.413. The van der Waals surface area contributed by atoms with Crippen LogP contribution in [0.2, 0.25) is 0 Å². The van der Waals surface area contributed by atoms with Crippen LogP contribution in [0.15, 0.2) is 273 Å². The van der Waals surface area contributed by atoms with Crippen LogP contribution >= 0.6 is 0 Å². The third kappa shape index (κ3) is 5.53. The zero-order chi connectivity index (χ0) is 50.6. The van der Waals surface area contributed by atoms with Crippen molar-refractivity contribution >= 4 is 33.2 Å². The summed E-state index contributed by atoms with van der Waals surface area (Å²) >= 11 is 0. The Morgan fingerprint density at radius 3 is 0.935 bits per heavy atom. The van der Waals surface area contributed by atoms with E-state index in [0.717, 1.165) is 17.1 Å². The first-order chi connectivity index (χ1) is 38.1. The molecule has 2 spiro atoms. The monoisotopic (exact) mass is 976 g/mol. The Kier molecular flexibility index (Phi) is 8.65. The lowest BCUT2D eigenvalue weighted by Crippen LogP contribution is -2.25. The van der Waals surface area contributed by atoms with Gasteiger partial charge in [0.2, 0.25) is 0 Å². The van der Waals surface area contributed by atoms with E-state index >= 15 is 0 Å². The Morgan fingerprint density at radius 1 is 0.260 bits per heavy atom. The number of anilines is 2. The topological polar surface area (TPSA) is 8.17 Å². The molecule has 1 heterocycles. The van der Waals surface area contributed by atoms with Gasteiger partial charge in [-0.2, -0.15) is 0 Å². The molecule has 4 aliphatic rings. The minimum absolute atomic E-state index is 0.413. The molecule has 0 unspecified atom stereocenters. The van der Waals surface area contributed by atoms with Crippen molar-refractivity contribution in [2.75, 3.05) is 11.9 Å². The number of benzene rings is 12. The highest BCUT2D eigenvalue weighted by molar-refractivity contribution is 6.12. The standard InChI is InChI=1S/C75H48N2/c1-76(51-17-3-2-4-18-51)52-35-37-53(38-36-52)77-72-41-33-47(49-31-39-60-58-23-9-15-29-68(58)74(70(60)45-49)64-25-11-5-19-54(64)55-20-6-12-26-65(55)74)43-62(72)63-44-48(34-42-73(63)77)50-32-40-61-59-24-10-16-30-69(59)75(71(61)46-50)66-27-13-7-21-56(66)57-22-8-14-28-67(57)75/h2-46H,1H3. The molecule has 0 saturated heterocycles. The van der Waals surface area contributed by atoms with Gasteiger partial charge in [0.1, 0.15) is 0 Å². The largest absolute Gasteiger partial charge is 0.345 e. The van der Waals surface area contributed by atoms with E-state index < -0.39 is 10.8 Å². The first kappa shape index (κ1) is 42.6. The first-order valence-corrected chi connectivity index (χ1v) is 27.0. The van der Waals surface area contributed by atoms with Crippen molar-refractivity contribution in [2.24, 2.45) is 0 Å². The van der Waals surface area contributed by atoms with Crippen LogP contribution in [0.4, 0.5) is 11.4 Å². The van der Waals surface area contributed by atoms with Gasteiger partial charge < -0.3 is 9.47 Å². The number of fused-ring (bicyclic) bond motifs is 23. The summed E-state index contributed by atoms with van der Waals surface area (Å²) in [5.41, 5.74) is 31.2. The minimum Gasteiger partial charge on any atom is -0.345 e. The Labute approximate surface area is 448 Å². The molecule has 0 aliphatic heterocycles. The van der Waals surface area contributed by atoms with Crippen LogP contribution < -0.4 is 4.90 Å². The highest BCUT2D eigenvalue weighted by Gasteiger charge is 2.53. The van der Waals surface area contributed by atoms with Crippen molar-refractivity contribution in [3.63, 3.8) is 0 Å². The van der Waals surface area contributed by atoms with Crippen molar-refractivity contribution < 1.29 is 0 Å². The number of rotatable bonds is 5. The van der Waals surface area contributed by atoms with Crippen LogP contribution in [-0.2, 0) is 10.8 Å². The predicted molar refractivity (Wildman–Crippen MR) is 319 cm³/mol. The Hall–Kier alpha value is -9.76. The van der Waals surface area contributed by atoms with Crippen molar-refractivity contribution in [3.05, 3.63) is 317 Å². The van der Waals surface area contributed by atoms with Gasteiger partial charge in [0.05, 0.1) is 21.9 Å². The molecule has 0 amide bonds. The van der Waals surface area contributed by atoms with Gasteiger partial charge in [-0.05, 0) is 184 Å². The van der Waals surface area contributed by atoms with Gasteiger partial charge >= 0.3 is 0 Å². The van der Waals surface area contributed by atoms with Gasteiger partial charge in [-0.25, -0.2) is 0 Å². The lowest BCUT2D eigenvalue weighted by atomic mass is 9.70. The van der Waals surface area contributed by atoms with Crippen LogP contribution in [0, 0.1) is 0 Å². The zero-order valence-electron chi connectivity index (χ0n) is 42.4. The second-order valence-electron chi connectivity index (χ2n) is 21.5. The molecule has 0 fully saturated rings. The van der Waals surface area contributed by atoms with E-state index in [2.05, 4.69) is 290 Å². The van der Waals surface area contributed by atoms with E-state index in [-0.39, 0.29) is 0 Å². The lowest BCUT2D eigenvalue weighted by Gasteiger charge is -2.30. The fourth-order valence-electron chi connectivity index (χ4n) is 14.8. The Morgan fingerprint density at radius 2 is 0.558 bits per heavy atom. The average molecular weight is 977 g/mol. The quantitative estimate of drug-likeness (QED) is 0.167. The summed E-state index contributed by atoms with van der Waals surface area (Å²) in [5, 5.41) is 2.45. The summed E-state index contributed by atoms with van der Waals surface area (Å²) < 4.78 is 2.46. The summed E-state index contributed by atoms with van der Waals surface area (Å²) in [5.74, 6) is 0. The molecule has 17 rings (SSSR count). The van der Waals surface area contributed by atoms with E-state index in [9.17, 15) is 0 Å². The molecule has 4 aliphatic carbocycles. The van der Waals surface area contributed by atoms with Gasteiger partial charge in [-0.15, -0.1) is 0 Å². The van der Waals surface area contributed by atoms with Crippen LogP contribution in [0.3, 0.4) is 0 Å². The molecule has 0 radical (unpaired) electrons. The number of nitrogens with zero attached hydrogens (tertiary/aromatic N) is 2. The molecule has 358 valence electrons. The maximum absolute atomic E-state index is 2.51. The normalized spacial score (nSPS) is 14.0. The highest BCUT2D eigenvalue weighted by Crippen LogP contribution is 2.65. The molecule has 0 N–H and O–H groups in total. The molecule has 12 aromatic carbocycles. The fourth-order valence-corrected chi connectivity index (χ4v) is 14.8. The van der Waals surface area contributed by atoms with E-state index in [4.69, 9.17) is 0 Å². The van der Waals surface area contributed by atoms with E-state index in [0.29, 0.717) is 0 Å². The Balaban J connectivity index is 0.865. The van der Waals surface area contributed by atoms with Gasteiger partial charge in [0, 0.05) is 34.9 Å². The van der Waals surface area contributed by atoms with Gasteiger partial charge in [0.25, 0.3) is 0 Å². The van der Waals surface area contributed by atoms with Crippen molar-refractivity contribution in [1.82, 2.24) is 4.57 Å². The zero-order valence-corrected chi connectivity index (χ0v) is 42.4. The number of hydrogen-bond donors (Lipinski definition) is 0. The molecule has 0 bridgehead atoms. The highest BCUT2D eigenvalue weighted by atomic mass is 15.1. The summed E-state index contributed by atoms with van der Waals surface area (Å²) in [6, 6.07) is 103. The molecule has 2 heteroatoms. The predicted octanol–water partition coefficient (Wildman–Crippen LogP) is 18.6. The summed E-state index contributed by atoms with van der Waals surface area (Å²) in [6.07, 6.45) is 0. The summed E-state index contributed by atoms with van der Waals surface area (Å²) in [7, 11) is 2.14. The average Bonchev–Trinajstić information content (AvgIpc) is 4.46. The fraction of sp³-hybridized carbons (Fsp3) is 0.0400. The van der Waals surface area contributed by atoms with Crippen molar-refractivity contribution in [1.29, 1.82) is 0 Å². The van der Waals surface area contributed by atoms with Crippen LogP contribution in [0.5, 0.6) is 0 Å². The van der Waals surface area contributed by atoms with Gasteiger partial charge in [-0.3, -0.25) is 0 Å². The first-order valence-electron chi connectivity index (χ1n) is 27.0. The molecule has 77 heavy (non-hydrogen) atoms. The number of aromatic nitrogens is 1. The second kappa shape index (κ2) is 15.6. The smallest absolute Gasteiger partial charge is 0.0725 e. The molecule has 0 saturated carbocycles. The maximum Gasteiger partial charge on any atom is 0.0725 e. The third-order valence-corrected chi connectivity index (χ3v) is 18.1.